The lowest BCUT2D eigenvalue weighted by Gasteiger charge is -2.44. The first-order valence-corrected chi connectivity index (χ1v) is 4.93. The molecule has 1 saturated carbocycles. The molecule has 1 N–H and O–H groups in total. The van der Waals surface area contributed by atoms with Crippen molar-refractivity contribution in [3.63, 3.8) is 0 Å². The second kappa shape index (κ2) is 3.48. The van der Waals surface area contributed by atoms with Crippen LogP contribution in [0.15, 0.2) is 18.6 Å². The van der Waals surface area contributed by atoms with E-state index in [4.69, 9.17) is 0 Å². The Bertz CT molecular complexity index is 316. The minimum absolute atomic E-state index is 0. The summed E-state index contributed by atoms with van der Waals surface area (Å²) in [6.45, 7) is 1.14. The zero-order valence-corrected chi connectivity index (χ0v) is 8.76. The minimum Gasteiger partial charge on any atom is -0.306 e. The van der Waals surface area contributed by atoms with Crippen molar-refractivity contribution < 1.29 is 0 Å². The standard InChI is InChI=1S/C10H13N3.ClH/c1-3-10(8(1)2-4-13-10)9-7-11-5-6-12-9;/h5-8,13H,1-4H2;1H. The van der Waals surface area contributed by atoms with Gasteiger partial charge in [0.2, 0.25) is 0 Å². The van der Waals surface area contributed by atoms with Crippen molar-refractivity contribution in [2.24, 2.45) is 5.92 Å². The van der Waals surface area contributed by atoms with Crippen LogP contribution >= 0.6 is 12.4 Å². The largest absolute Gasteiger partial charge is 0.306 e. The first-order valence-electron chi connectivity index (χ1n) is 4.93. The Hall–Kier alpha value is -0.670. The van der Waals surface area contributed by atoms with Crippen molar-refractivity contribution in [3.8, 4) is 0 Å². The maximum absolute atomic E-state index is 4.41. The van der Waals surface area contributed by atoms with E-state index in [1.54, 1.807) is 12.4 Å². The Morgan fingerprint density at radius 1 is 1.36 bits per heavy atom. The maximum atomic E-state index is 4.41. The number of hydrogen-bond acceptors (Lipinski definition) is 3. The molecule has 0 aromatic carbocycles. The molecule has 4 heteroatoms. The first-order chi connectivity index (χ1) is 6.42. The van der Waals surface area contributed by atoms with Crippen LogP contribution in [0.5, 0.6) is 0 Å². The summed E-state index contributed by atoms with van der Waals surface area (Å²) in [5.41, 5.74) is 1.35. The molecule has 1 aromatic rings. The van der Waals surface area contributed by atoms with E-state index in [9.17, 15) is 0 Å². The topological polar surface area (TPSA) is 37.8 Å². The molecular weight excluding hydrogens is 198 g/mol. The highest BCUT2D eigenvalue weighted by Crippen LogP contribution is 2.50. The molecule has 0 radical (unpaired) electrons. The van der Waals surface area contributed by atoms with Crippen LogP contribution in [0.4, 0.5) is 0 Å². The molecule has 2 heterocycles. The first kappa shape index (κ1) is 9.87. The number of halogens is 1. The molecule has 76 valence electrons. The lowest BCUT2D eigenvalue weighted by molar-refractivity contribution is 0.130. The van der Waals surface area contributed by atoms with E-state index < -0.39 is 0 Å². The van der Waals surface area contributed by atoms with Crippen molar-refractivity contribution in [3.05, 3.63) is 24.3 Å². The van der Waals surface area contributed by atoms with Gasteiger partial charge >= 0.3 is 0 Å². The second-order valence-corrected chi connectivity index (χ2v) is 4.01. The average molecular weight is 212 g/mol. The predicted molar refractivity (Wildman–Crippen MR) is 56.3 cm³/mol. The van der Waals surface area contributed by atoms with Crippen molar-refractivity contribution >= 4 is 12.4 Å². The third-order valence-corrected chi connectivity index (χ3v) is 3.54. The normalized spacial score (nSPS) is 34.1. The Morgan fingerprint density at radius 2 is 2.29 bits per heavy atom. The number of nitrogens with one attached hydrogen (secondary N) is 1. The summed E-state index contributed by atoms with van der Waals surface area (Å²) in [6.07, 6.45) is 9.32. The van der Waals surface area contributed by atoms with Gasteiger partial charge in [0.05, 0.1) is 17.4 Å². The fraction of sp³-hybridized carbons (Fsp3) is 0.600. The summed E-state index contributed by atoms with van der Waals surface area (Å²) in [4.78, 5) is 8.55. The molecule has 0 amide bonds. The molecular formula is C10H14ClN3. The van der Waals surface area contributed by atoms with Crippen LogP contribution in [0.2, 0.25) is 0 Å². The van der Waals surface area contributed by atoms with Crippen molar-refractivity contribution in [1.82, 2.24) is 15.3 Å². The van der Waals surface area contributed by atoms with Crippen LogP contribution < -0.4 is 5.32 Å². The molecule has 0 spiro atoms. The molecule has 3 rings (SSSR count). The van der Waals surface area contributed by atoms with Crippen molar-refractivity contribution in [1.29, 1.82) is 0 Å². The Kier molecular flexibility index (Phi) is 2.45. The lowest BCUT2D eigenvalue weighted by atomic mass is 9.66. The summed E-state index contributed by atoms with van der Waals surface area (Å²) in [5, 5.41) is 3.58. The summed E-state index contributed by atoms with van der Waals surface area (Å²) >= 11 is 0. The quantitative estimate of drug-likeness (QED) is 0.765. The van der Waals surface area contributed by atoms with Crippen LogP contribution in [0.25, 0.3) is 0 Å². The number of rotatable bonds is 1. The highest BCUT2D eigenvalue weighted by Gasteiger charge is 2.51. The van der Waals surface area contributed by atoms with Crippen LogP contribution in [0, 0.1) is 5.92 Å². The third-order valence-electron chi connectivity index (χ3n) is 3.54. The van der Waals surface area contributed by atoms with Gasteiger partial charge in [-0.3, -0.25) is 9.97 Å². The fourth-order valence-corrected chi connectivity index (χ4v) is 2.69. The monoisotopic (exact) mass is 211 g/mol. The maximum Gasteiger partial charge on any atom is 0.0790 e. The summed E-state index contributed by atoms with van der Waals surface area (Å²) in [7, 11) is 0. The molecule has 3 nitrogen and oxygen atoms in total. The molecule has 2 atom stereocenters. The number of nitrogens with zero attached hydrogens (tertiary/aromatic N) is 2. The molecule has 1 aliphatic heterocycles. The van der Waals surface area contributed by atoms with Crippen LogP contribution in [0.1, 0.15) is 25.0 Å². The average Bonchev–Trinajstić information content (AvgIpc) is 2.45. The number of aromatic nitrogens is 2. The van der Waals surface area contributed by atoms with E-state index in [0.717, 1.165) is 18.2 Å². The van der Waals surface area contributed by atoms with Gasteiger partial charge in [0.25, 0.3) is 0 Å². The molecule has 1 aliphatic carbocycles. The predicted octanol–water partition coefficient (Wildman–Crippen LogP) is 1.50. The van der Waals surface area contributed by atoms with Gasteiger partial charge in [0.1, 0.15) is 0 Å². The third kappa shape index (κ3) is 1.16. The second-order valence-electron chi connectivity index (χ2n) is 4.01. The lowest BCUT2D eigenvalue weighted by Crippen LogP contribution is -2.49. The Labute approximate surface area is 89.8 Å². The van der Waals surface area contributed by atoms with Crippen LogP contribution in [0.3, 0.4) is 0 Å². The van der Waals surface area contributed by atoms with Gasteiger partial charge < -0.3 is 5.32 Å². The van der Waals surface area contributed by atoms with Gasteiger partial charge in [-0.25, -0.2) is 0 Å². The summed E-state index contributed by atoms with van der Waals surface area (Å²) in [6, 6.07) is 0. The van der Waals surface area contributed by atoms with E-state index in [-0.39, 0.29) is 17.9 Å². The minimum atomic E-state index is 0. The SMILES string of the molecule is Cl.c1cnc(C23CCC2CCN3)cn1. The van der Waals surface area contributed by atoms with Crippen molar-refractivity contribution in [2.45, 2.75) is 24.8 Å². The van der Waals surface area contributed by atoms with Crippen LogP contribution in [-0.2, 0) is 5.54 Å². The summed E-state index contributed by atoms with van der Waals surface area (Å²) < 4.78 is 0. The molecule has 2 fully saturated rings. The zero-order valence-electron chi connectivity index (χ0n) is 7.94. The zero-order chi connectivity index (χ0) is 8.73. The Balaban J connectivity index is 0.000000750. The van der Waals surface area contributed by atoms with Gasteiger partial charge in [-0.2, -0.15) is 0 Å². The van der Waals surface area contributed by atoms with Gasteiger partial charge in [0.15, 0.2) is 0 Å². The van der Waals surface area contributed by atoms with E-state index >= 15 is 0 Å². The molecule has 1 saturated heterocycles. The van der Waals surface area contributed by atoms with Gasteiger partial charge in [0, 0.05) is 12.4 Å². The van der Waals surface area contributed by atoms with E-state index in [2.05, 4.69) is 15.3 Å². The summed E-state index contributed by atoms with van der Waals surface area (Å²) in [5.74, 6) is 0.809. The molecule has 2 aliphatic rings. The molecule has 0 bridgehead atoms. The number of hydrogen-bond donors (Lipinski definition) is 1. The Morgan fingerprint density at radius 3 is 2.86 bits per heavy atom. The van der Waals surface area contributed by atoms with Crippen molar-refractivity contribution in [2.75, 3.05) is 6.54 Å². The van der Waals surface area contributed by atoms with Crippen LogP contribution in [-0.4, -0.2) is 16.5 Å². The highest BCUT2D eigenvalue weighted by molar-refractivity contribution is 5.85. The van der Waals surface area contributed by atoms with Gasteiger partial charge in [-0.05, 0) is 31.7 Å². The van der Waals surface area contributed by atoms with E-state index in [1.807, 2.05) is 6.20 Å². The van der Waals surface area contributed by atoms with Gasteiger partial charge in [-0.1, -0.05) is 0 Å². The fourth-order valence-electron chi connectivity index (χ4n) is 2.69. The number of fused-ring (bicyclic) bond motifs is 1. The molecule has 1 aromatic heterocycles. The molecule has 14 heavy (non-hydrogen) atoms. The van der Waals surface area contributed by atoms with E-state index in [0.29, 0.717) is 0 Å². The smallest absolute Gasteiger partial charge is 0.0790 e. The van der Waals surface area contributed by atoms with Gasteiger partial charge in [-0.15, -0.1) is 12.4 Å². The molecule has 2 unspecified atom stereocenters. The van der Waals surface area contributed by atoms with E-state index in [1.165, 1.54) is 19.3 Å². The highest BCUT2D eigenvalue weighted by atomic mass is 35.5.